The van der Waals surface area contributed by atoms with Crippen molar-refractivity contribution in [3.05, 3.63) is 59.9 Å². The van der Waals surface area contributed by atoms with Crippen LogP contribution in [0.25, 0.3) is 10.8 Å². The van der Waals surface area contributed by atoms with Gasteiger partial charge in [-0.2, -0.15) is 53.7 Å². The quantitative estimate of drug-likeness (QED) is 0.0151. The molecule has 4 aromatic carbocycles. The number of hydrogen-bond acceptors (Lipinski definition) is 25. The van der Waals surface area contributed by atoms with Crippen LogP contribution in [0, 0.1) is 0 Å². The predicted octanol–water partition coefficient (Wildman–Crippen LogP) is 3.96. The number of fused-ring (bicyclic) bond motifs is 1. The van der Waals surface area contributed by atoms with Crippen LogP contribution in [0.2, 0.25) is 5.28 Å². The molecule has 1 heterocycles. The highest BCUT2D eigenvalue weighted by molar-refractivity contribution is 7.91. The molecule has 0 saturated heterocycles. The van der Waals surface area contributed by atoms with Crippen LogP contribution in [0.5, 0.6) is 5.75 Å². The highest BCUT2D eigenvalue weighted by Crippen LogP contribution is 2.48. The number of benzene rings is 4. The molecule has 9 N–H and O–H groups in total. The van der Waals surface area contributed by atoms with Crippen LogP contribution in [-0.4, -0.2) is 138 Å². The lowest BCUT2D eigenvalue weighted by atomic mass is 10.1. The van der Waals surface area contributed by atoms with Crippen molar-refractivity contribution in [2.45, 2.75) is 19.6 Å². The number of nitrogens with two attached hydrogens (primary N) is 1. The van der Waals surface area contributed by atoms with Crippen LogP contribution in [0.1, 0.15) is 0 Å². The van der Waals surface area contributed by atoms with E-state index in [2.05, 4.69) is 50.2 Å². The van der Waals surface area contributed by atoms with E-state index in [9.17, 15) is 69.3 Å². The Hall–Kier alpha value is -5.41. The molecule has 0 spiro atoms. The molecule has 0 saturated carbocycles. The lowest BCUT2D eigenvalue weighted by Gasteiger charge is -2.14. The SMILES string of the molecule is Nc1c(N=Nc2ccc(S(=O)(=O)CCOS(=O)(=O)O)cc2)c(S(=O)(=O)O)cc2cc(S(=O)(=O)O)c(N=Nc3cc(Nc4nc(Cl)nc(NCCOCCS(=O)(=O)CCCl)n4)ccc3S(=O)(=O)O)c(O)c12. The van der Waals surface area contributed by atoms with E-state index in [1.54, 1.807) is 0 Å². The summed E-state index contributed by atoms with van der Waals surface area (Å²) in [6.45, 7) is -0.988. The third kappa shape index (κ3) is 15.1. The first-order valence-electron chi connectivity index (χ1n) is 18.6. The van der Waals surface area contributed by atoms with Gasteiger partial charge in [0.2, 0.25) is 17.2 Å². The van der Waals surface area contributed by atoms with Crippen molar-refractivity contribution in [1.82, 2.24) is 15.0 Å². The molecule has 5 aromatic rings. The fourth-order valence-electron chi connectivity index (χ4n) is 5.65. The van der Waals surface area contributed by atoms with Gasteiger partial charge in [0.1, 0.15) is 31.7 Å². The summed E-state index contributed by atoms with van der Waals surface area (Å²) >= 11 is 11.5. The van der Waals surface area contributed by atoms with Crippen LogP contribution < -0.4 is 16.4 Å². The highest BCUT2D eigenvalue weighted by Gasteiger charge is 2.29. The topological polar surface area (TPSA) is 463 Å². The number of azo groups is 2. The van der Waals surface area contributed by atoms with E-state index in [4.69, 9.17) is 38.2 Å². The second kappa shape index (κ2) is 21.9. The molecular weight excluding hydrogens is 1100 g/mol. The van der Waals surface area contributed by atoms with Gasteiger partial charge < -0.3 is 26.2 Å². The van der Waals surface area contributed by atoms with Gasteiger partial charge >= 0.3 is 10.4 Å². The summed E-state index contributed by atoms with van der Waals surface area (Å²) in [5, 5.41) is 30.2. The summed E-state index contributed by atoms with van der Waals surface area (Å²) in [6.07, 6.45) is 0. The molecule has 0 aliphatic heterocycles. The highest BCUT2D eigenvalue weighted by atomic mass is 35.5. The van der Waals surface area contributed by atoms with Crippen LogP contribution in [-0.2, 0) is 69.3 Å². The van der Waals surface area contributed by atoms with Gasteiger partial charge in [-0.15, -0.1) is 26.9 Å². The predicted molar refractivity (Wildman–Crippen MR) is 247 cm³/mol. The first-order chi connectivity index (χ1) is 32.4. The standard InChI is InChI=1S/C33H34Cl2N10O19S6/c34-7-12-65(47,48)13-10-63-9-8-37-32-39-31(35)40-33(41-32)38-20-3-6-23(67(51,52)53)22(17-20)43-45-29-25(69(57,58)59)16-18-15-24(68(54,55)56)28(27(36)26(18)30(29)46)44-42-19-1-4-21(5-2-19)66(49,50)14-11-64-70(60,61)62/h1-6,15-17,46H,7-14,36H2,(H,51,52,53)(H,54,55,56)(H,57,58,59)(H,60,61,62)(H2,37,38,39,40,41). The molecule has 0 bridgehead atoms. The second-order valence-corrected chi connectivity index (χ2v) is 24.0. The van der Waals surface area contributed by atoms with Gasteiger partial charge in [-0.25, -0.2) is 21.0 Å². The molecule has 5 rings (SSSR count). The zero-order chi connectivity index (χ0) is 52.0. The van der Waals surface area contributed by atoms with Crippen molar-refractivity contribution in [2.24, 2.45) is 20.5 Å². The van der Waals surface area contributed by atoms with Crippen LogP contribution >= 0.6 is 23.2 Å². The number of phenols is 1. The van der Waals surface area contributed by atoms with E-state index in [1.165, 1.54) is 0 Å². The molecule has 37 heteroatoms. The van der Waals surface area contributed by atoms with E-state index < -0.39 is 127 Å². The van der Waals surface area contributed by atoms with Crippen molar-refractivity contribution >= 4 is 140 Å². The normalized spacial score (nSPS) is 13.1. The fraction of sp³-hybridized carbons (Fsp3) is 0.242. The smallest absolute Gasteiger partial charge is 0.397 e. The third-order valence-electron chi connectivity index (χ3n) is 8.73. The lowest BCUT2D eigenvalue weighted by Crippen LogP contribution is -2.19. The Morgan fingerprint density at radius 2 is 1.26 bits per heavy atom. The number of alkyl halides is 1. The zero-order valence-corrected chi connectivity index (χ0v) is 41.1. The zero-order valence-electron chi connectivity index (χ0n) is 34.7. The number of rotatable bonds is 23. The molecular formula is C33H34Cl2N10O19S6. The summed E-state index contributed by atoms with van der Waals surface area (Å²) < 4.78 is 194. The Bertz CT molecular complexity index is 3590. The first-order valence-corrected chi connectivity index (χ1v) is 28.7. The number of hydrogen-bond donors (Lipinski definition) is 8. The van der Waals surface area contributed by atoms with Crippen molar-refractivity contribution in [3.63, 3.8) is 0 Å². The van der Waals surface area contributed by atoms with Gasteiger partial charge in [-0.3, -0.25) is 18.2 Å². The molecule has 29 nitrogen and oxygen atoms in total. The monoisotopic (exact) mass is 1140 g/mol. The van der Waals surface area contributed by atoms with Crippen molar-refractivity contribution in [3.8, 4) is 5.75 Å². The van der Waals surface area contributed by atoms with Gasteiger partial charge in [0, 0.05) is 18.1 Å². The molecule has 0 amide bonds. The Morgan fingerprint density at radius 1 is 0.657 bits per heavy atom. The Balaban J connectivity index is 1.51. The number of anilines is 4. The number of nitrogen functional groups attached to an aromatic ring is 1. The lowest BCUT2D eigenvalue weighted by molar-refractivity contribution is 0.159. The van der Waals surface area contributed by atoms with Crippen molar-refractivity contribution in [1.29, 1.82) is 0 Å². The summed E-state index contributed by atoms with van der Waals surface area (Å²) in [6, 6.07) is 7.98. The molecule has 0 atom stereocenters. The molecule has 380 valence electrons. The average Bonchev–Trinajstić information content (AvgIpc) is 3.22. The van der Waals surface area contributed by atoms with Crippen LogP contribution in [0.15, 0.2) is 94.6 Å². The van der Waals surface area contributed by atoms with Gasteiger partial charge in [0.15, 0.2) is 25.4 Å². The van der Waals surface area contributed by atoms with E-state index in [1.807, 2.05) is 0 Å². The minimum absolute atomic E-state index is 0.00403. The molecule has 0 unspecified atom stereocenters. The minimum Gasteiger partial charge on any atom is -0.505 e. The number of nitrogens with one attached hydrogen (secondary N) is 2. The first kappa shape index (κ1) is 55.5. The number of nitrogens with zero attached hydrogens (tertiary/aromatic N) is 7. The third-order valence-corrected chi connectivity index (χ3v) is 15.7. The molecule has 1 aromatic heterocycles. The number of ether oxygens (including phenoxy) is 1. The molecule has 0 fully saturated rings. The summed E-state index contributed by atoms with van der Waals surface area (Å²) in [7, 11) is -28.5. The van der Waals surface area contributed by atoms with E-state index in [0.29, 0.717) is 12.1 Å². The van der Waals surface area contributed by atoms with Crippen molar-refractivity contribution in [2.75, 3.05) is 65.9 Å². The van der Waals surface area contributed by atoms with Gasteiger partial charge in [-0.1, -0.05) is 0 Å². The molecule has 0 aliphatic carbocycles. The van der Waals surface area contributed by atoms with E-state index in [-0.39, 0.29) is 70.6 Å². The van der Waals surface area contributed by atoms with Gasteiger partial charge in [0.05, 0.1) is 58.7 Å². The minimum atomic E-state index is -5.46. The maximum absolute atomic E-state index is 12.7. The van der Waals surface area contributed by atoms with E-state index in [0.717, 1.165) is 42.5 Å². The summed E-state index contributed by atoms with van der Waals surface area (Å²) in [5.41, 5.74) is 2.32. The Kier molecular flexibility index (Phi) is 17.4. The maximum atomic E-state index is 12.7. The maximum Gasteiger partial charge on any atom is 0.397 e. The fourth-order valence-corrected chi connectivity index (χ4v) is 10.7. The summed E-state index contributed by atoms with van der Waals surface area (Å²) in [5.74, 6) is -3.06. The Labute approximate surface area is 407 Å². The number of sulfone groups is 2. The van der Waals surface area contributed by atoms with Crippen molar-refractivity contribution < 1.29 is 82.7 Å². The van der Waals surface area contributed by atoms with Gasteiger partial charge in [-0.05, 0) is 71.6 Å². The molecule has 70 heavy (non-hydrogen) atoms. The number of halogens is 2. The molecule has 0 aliphatic rings. The number of phenolic OH excluding ortho intramolecular Hbond substituents is 1. The second-order valence-electron chi connectivity index (χ2n) is 13.6. The number of aromatic nitrogens is 3. The summed E-state index contributed by atoms with van der Waals surface area (Å²) in [4.78, 5) is 8.18. The van der Waals surface area contributed by atoms with Crippen LogP contribution in [0.3, 0.4) is 0 Å². The molecule has 0 radical (unpaired) electrons. The largest absolute Gasteiger partial charge is 0.505 e. The average molecular weight is 1140 g/mol. The number of aromatic hydroxyl groups is 1. The van der Waals surface area contributed by atoms with Gasteiger partial charge in [0.25, 0.3) is 30.4 Å². The Morgan fingerprint density at radius 3 is 1.86 bits per heavy atom. The van der Waals surface area contributed by atoms with E-state index >= 15 is 0 Å². The van der Waals surface area contributed by atoms with Crippen LogP contribution in [0.4, 0.5) is 46.0 Å².